The Bertz CT molecular complexity index is 1890. The van der Waals surface area contributed by atoms with Crippen molar-refractivity contribution in [2.75, 3.05) is 13.2 Å². The van der Waals surface area contributed by atoms with Crippen molar-refractivity contribution in [3.05, 3.63) is 182 Å². The van der Waals surface area contributed by atoms with Crippen LogP contribution in [-0.4, -0.2) is 37.2 Å². The van der Waals surface area contributed by atoms with Gasteiger partial charge in [-0.1, -0.05) is 248 Å². The smallest absolute Gasteiger partial charge is 0.306 e. The van der Waals surface area contributed by atoms with E-state index < -0.39 is 6.10 Å². The Hall–Kier alpha value is -5.49. The second-order valence-electron chi connectivity index (χ2n) is 20.2. The lowest BCUT2D eigenvalue weighted by molar-refractivity contribution is -0.167. The van der Waals surface area contributed by atoms with E-state index in [1.165, 1.54) is 32.1 Å². The minimum Gasteiger partial charge on any atom is -0.462 e. The first-order valence-corrected chi connectivity index (χ1v) is 31.8. The maximum atomic E-state index is 12.9. The van der Waals surface area contributed by atoms with Gasteiger partial charge in [-0.05, 0) is 161 Å². The third-order valence-electron chi connectivity index (χ3n) is 12.6. The molecule has 0 radical (unpaired) electrons. The highest BCUT2D eigenvalue weighted by molar-refractivity contribution is 5.71. The van der Waals surface area contributed by atoms with E-state index in [2.05, 4.69) is 203 Å². The molecule has 0 heterocycles. The topological polar surface area (TPSA) is 78.9 Å². The highest BCUT2D eigenvalue weighted by atomic mass is 16.6. The van der Waals surface area contributed by atoms with Crippen molar-refractivity contribution >= 4 is 17.9 Å². The minimum atomic E-state index is -0.826. The van der Waals surface area contributed by atoms with E-state index in [0.29, 0.717) is 12.8 Å². The molecule has 0 aromatic rings. The van der Waals surface area contributed by atoms with Crippen LogP contribution < -0.4 is 0 Å². The van der Waals surface area contributed by atoms with Crippen LogP contribution in [0.2, 0.25) is 0 Å². The second-order valence-corrected chi connectivity index (χ2v) is 20.2. The molecule has 0 aliphatic carbocycles. The zero-order valence-electron chi connectivity index (χ0n) is 51.0. The van der Waals surface area contributed by atoms with Crippen LogP contribution >= 0.6 is 0 Å². The van der Waals surface area contributed by atoms with Crippen LogP contribution in [0.5, 0.6) is 0 Å². The molecule has 0 saturated heterocycles. The Morgan fingerprint density at radius 2 is 0.487 bits per heavy atom. The van der Waals surface area contributed by atoms with Gasteiger partial charge in [0.1, 0.15) is 13.2 Å². The molecule has 0 aromatic heterocycles. The van der Waals surface area contributed by atoms with Crippen molar-refractivity contribution in [2.24, 2.45) is 0 Å². The van der Waals surface area contributed by atoms with Crippen molar-refractivity contribution < 1.29 is 28.6 Å². The Balaban J connectivity index is 4.44. The minimum absolute atomic E-state index is 0.121. The molecule has 6 nitrogen and oxygen atoms in total. The average molecular weight is 1100 g/mol. The summed E-state index contributed by atoms with van der Waals surface area (Å²) in [7, 11) is 0. The van der Waals surface area contributed by atoms with Crippen molar-refractivity contribution in [3.8, 4) is 0 Å². The van der Waals surface area contributed by atoms with Gasteiger partial charge in [0.25, 0.3) is 0 Å². The highest BCUT2D eigenvalue weighted by Gasteiger charge is 2.19. The molecule has 0 aliphatic heterocycles. The summed E-state index contributed by atoms with van der Waals surface area (Å²) in [5, 5.41) is 0. The first-order valence-electron chi connectivity index (χ1n) is 31.8. The van der Waals surface area contributed by atoms with Gasteiger partial charge in [-0.25, -0.2) is 0 Å². The normalized spacial score (nSPS) is 13.4. The summed E-state index contributed by atoms with van der Waals surface area (Å²) in [6.45, 7) is 6.30. The molecular formula is C74H114O6. The fourth-order valence-corrected chi connectivity index (χ4v) is 7.92. The van der Waals surface area contributed by atoms with Gasteiger partial charge in [-0.2, -0.15) is 0 Å². The maximum absolute atomic E-state index is 12.9. The number of esters is 3. The van der Waals surface area contributed by atoms with Gasteiger partial charge < -0.3 is 14.2 Å². The number of allylic oxidation sites excluding steroid dienone is 30. The van der Waals surface area contributed by atoms with E-state index in [9.17, 15) is 14.4 Å². The molecule has 1 atom stereocenters. The number of carbonyl (C=O) groups excluding carboxylic acids is 3. The first kappa shape index (κ1) is 74.5. The van der Waals surface area contributed by atoms with Gasteiger partial charge >= 0.3 is 17.9 Å². The van der Waals surface area contributed by atoms with Gasteiger partial charge in [0.05, 0.1) is 0 Å². The number of hydrogen-bond acceptors (Lipinski definition) is 6. The van der Waals surface area contributed by atoms with Crippen molar-refractivity contribution in [1.29, 1.82) is 0 Å². The number of hydrogen-bond donors (Lipinski definition) is 0. The molecule has 0 saturated carbocycles. The van der Waals surface area contributed by atoms with Crippen molar-refractivity contribution in [3.63, 3.8) is 0 Å². The zero-order chi connectivity index (χ0) is 57.8. The summed E-state index contributed by atoms with van der Waals surface area (Å²) < 4.78 is 16.8. The number of rotatable bonds is 55. The molecule has 0 spiro atoms. The number of ether oxygens (including phenoxy) is 3. The van der Waals surface area contributed by atoms with Gasteiger partial charge in [0.2, 0.25) is 0 Å². The maximum Gasteiger partial charge on any atom is 0.306 e. The predicted molar refractivity (Wildman–Crippen MR) is 348 cm³/mol. The standard InChI is InChI=1S/C74H114O6/c1-4-7-10-13-16-19-22-25-27-29-30-31-32-33-34-35-36-37-38-39-40-41-42-43-44-45-47-49-52-55-58-61-64-67-73(76)79-70-71(69-78-72(75)66-63-60-57-54-51-48-24-21-18-15-12-9-6-3)80-74(77)68-65-62-59-56-53-50-46-28-26-23-20-17-14-11-8-5-2/h7,9-10,12,16,18-21,23,25,27-28,30-31,33-34,36-37,39-40,42-43,45-48,51-52,55,71H,4-6,8,11,13-15,17,22,24,26,29,32,35,38,41,44,49-50,53-54,56-70H2,1-3H3/b10-7-,12-9-,19-16-,21-18-,23-20-,27-25-,31-30-,34-33-,37-36-,40-39-,43-42-,46-28-,47-45-,51-48-,55-52-. The molecule has 1 unspecified atom stereocenters. The van der Waals surface area contributed by atoms with Crippen LogP contribution in [0.3, 0.4) is 0 Å². The molecule has 0 N–H and O–H groups in total. The van der Waals surface area contributed by atoms with Crippen LogP contribution in [0, 0.1) is 0 Å². The number of unbranched alkanes of at least 4 members (excludes halogenated alkanes) is 14. The summed E-state index contributed by atoms with van der Waals surface area (Å²) in [6.07, 6.45) is 99.0. The van der Waals surface area contributed by atoms with Crippen LogP contribution in [0.15, 0.2) is 182 Å². The van der Waals surface area contributed by atoms with E-state index >= 15 is 0 Å². The fourth-order valence-electron chi connectivity index (χ4n) is 7.92. The Labute approximate surface area is 491 Å². The lowest BCUT2D eigenvalue weighted by Crippen LogP contribution is -2.30. The molecular weight excluding hydrogens is 985 g/mol. The molecule has 446 valence electrons. The molecule has 0 aromatic carbocycles. The SMILES string of the molecule is CC/C=C\C/C=C\C/C=C\C/C=C\C/C=C\C/C=C\C/C=C\C/C=C\C/C=C\C/C=C\CCCCC(=O)OCC(COC(=O)CCCCC/C=C\C/C=C\C/C=C\CC)OC(=O)CCCCCCC/C=C\C/C=C\CCCCCC. The Morgan fingerprint density at radius 1 is 0.263 bits per heavy atom. The third kappa shape index (κ3) is 63.3. The quantitative estimate of drug-likeness (QED) is 0.0261. The van der Waals surface area contributed by atoms with Crippen molar-refractivity contribution in [2.45, 2.75) is 252 Å². The van der Waals surface area contributed by atoms with E-state index in [-0.39, 0.29) is 44.0 Å². The van der Waals surface area contributed by atoms with Gasteiger partial charge in [0, 0.05) is 19.3 Å². The van der Waals surface area contributed by atoms with E-state index in [1.807, 2.05) is 0 Å². The number of carbonyl (C=O) groups is 3. The fraction of sp³-hybridized carbons (Fsp3) is 0.554. The average Bonchev–Trinajstić information content (AvgIpc) is 3.46. The molecule has 0 amide bonds. The lowest BCUT2D eigenvalue weighted by atomic mass is 10.1. The Kier molecular flexibility index (Phi) is 61.5. The van der Waals surface area contributed by atoms with E-state index in [4.69, 9.17) is 14.2 Å². The molecule has 0 rings (SSSR count). The largest absolute Gasteiger partial charge is 0.462 e. The van der Waals surface area contributed by atoms with Gasteiger partial charge in [-0.15, -0.1) is 0 Å². The summed E-state index contributed by atoms with van der Waals surface area (Å²) >= 11 is 0. The summed E-state index contributed by atoms with van der Waals surface area (Å²) in [6, 6.07) is 0. The summed E-state index contributed by atoms with van der Waals surface area (Å²) in [4.78, 5) is 38.2. The second kappa shape index (κ2) is 66.0. The van der Waals surface area contributed by atoms with Crippen LogP contribution in [0.25, 0.3) is 0 Å². The first-order chi connectivity index (χ1) is 39.5. The molecule has 0 fully saturated rings. The molecule has 0 aliphatic rings. The summed E-state index contributed by atoms with van der Waals surface area (Å²) in [5.74, 6) is -1.02. The lowest BCUT2D eigenvalue weighted by Gasteiger charge is -2.18. The third-order valence-corrected chi connectivity index (χ3v) is 12.6. The summed E-state index contributed by atoms with van der Waals surface area (Å²) in [5.41, 5.74) is 0. The van der Waals surface area contributed by atoms with E-state index in [0.717, 1.165) is 167 Å². The predicted octanol–water partition coefficient (Wildman–Crippen LogP) is 22.0. The van der Waals surface area contributed by atoms with Gasteiger partial charge in [0.15, 0.2) is 6.10 Å². The van der Waals surface area contributed by atoms with Crippen LogP contribution in [0.4, 0.5) is 0 Å². The molecule has 80 heavy (non-hydrogen) atoms. The van der Waals surface area contributed by atoms with Crippen molar-refractivity contribution in [1.82, 2.24) is 0 Å². The zero-order valence-corrected chi connectivity index (χ0v) is 51.0. The molecule has 0 bridgehead atoms. The molecule has 6 heteroatoms. The van der Waals surface area contributed by atoms with Gasteiger partial charge in [-0.3, -0.25) is 14.4 Å². The Morgan fingerprint density at radius 3 is 0.800 bits per heavy atom. The van der Waals surface area contributed by atoms with Crippen LogP contribution in [0.1, 0.15) is 245 Å². The van der Waals surface area contributed by atoms with Crippen LogP contribution in [-0.2, 0) is 28.6 Å². The monoisotopic (exact) mass is 1100 g/mol. The van der Waals surface area contributed by atoms with E-state index in [1.54, 1.807) is 0 Å². The highest BCUT2D eigenvalue weighted by Crippen LogP contribution is 2.12.